The highest BCUT2D eigenvalue weighted by Crippen LogP contribution is 2.14. The first-order chi connectivity index (χ1) is 7.13. The van der Waals surface area contributed by atoms with Crippen LogP contribution < -0.4 is 5.73 Å². The quantitative estimate of drug-likeness (QED) is 0.787. The Kier molecular flexibility index (Phi) is 2.40. The van der Waals surface area contributed by atoms with Crippen LogP contribution in [-0.4, -0.2) is 26.1 Å². The molecule has 0 saturated carbocycles. The van der Waals surface area contributed by atoms with Crippen molar-refractivity contribution in [2.24, 2.45) is 5.73 Å². The summed E-state index contributed by atoms with van der Waals surface area (Å²) in [5.41, 5.74) is 7.69. The molecule has 2 aromatic heterocycles. The van der Waals surface area contributed by atoms with Crippen LogP contribution in [0.1, 0.15) is 30.1 Å². The third kappa shape index (κ3) is 1.59. The summed E-state index contributed by atoms with van der Waals surface area (Å²) in [7, 11) is 0. The molecule has 0 aromatic carbocycles. The molecular weight excluding hydrogens is 190 g/mol. The third-order valence-electron chi connectivity index (χ3n) is 2.51. The average molecular weight is 205 g/mol. The Morgan fingerprint density at radius 3 is 2.80 bits per heavy atom. The van der Waals surface area contributed by atoms with Crippen LogP contribution in [0.5, 0.6) is 0 Å². The first kappa shape index (κ1) is 10.0. The number of aromatic nitrogens is 4. The molecule has 15 heavy (non-hydrogen) atoms. The summed E-state index contributed by atoms with van der Waals surface area (Å²) in [6.07, 6.45) is 0. The van der Waals surface area contributed by atoms with Gasteiger partial charge < -0.3 is 5.73 Å². The lowest BCUT2D eigenvalue weighted by Crippen LogP contribution is -2.13. The van der Waals surface area contributed by atoms with E-state index in [2.05, 4.69) is 15.2 Å². The second-order valence-corrected chi connectivity index (χ2v) is 3.87. The fourth-order valence-corrected chi connectivity index (χ4v) is 1.68. The van der Waals surface area contributed by atoms with E-state index in [1.165, 1.54) is 0 Å². The smallest absolute Gasteiger partial charge is 0.255 e. The summed E-state index contributed by atoms with van der Waals surface area (Å²) >= 11 is 0. The highest BCUT2D eigenvalue weighted by atomic mass is 15.3. The summed E-state index contributed by atoms with van der Waals surface area (Å²) in [6.45, 7) is 6.58. The zero-order chi connectivity index (χ0) is 11.0. The van der Waals surface area contributed by atoms with Crippen molar-refractivity contribution in [1.82, 2.24) is 19.6 Å². The molecule has 0 fully saturated rings. The zero-order valence-corrected chi connectivity index (χ0v) is 9.23. The first-order valence-corrected chi connectivity index (χ1v) is 5.03. The number of aryl methyl sites for hydroxylation is 2. The Hall–Kier alpha value is -1.49. The maximum absolute atomic E-state index is 5.63. The molecule has 80 valence electrons. The average Bonchev–Trinajstić information content (AvgIpc) is 2.60. The van der Waals surface area contributed by atoms with Crippen LogP contribution in [0.4, 0.5) is 0 Å². The van der Waals surface area contributed by atoms with Gasteiger partial charge in [0.25, 0.3) is 5.78 Å². The van der Waals surface area contributed by atoms with E-state index in [4.69, 9.17) is 5.73 Å². The summed E-state index contributed by atoms with van der Waals surface area (Å²) in [6, 6.07) is 2.02. The number of hydrogen-bond acceptors (Lipinski definition) is 4. The Labute approximate surface area is 88.3 Å². The van der Waals surface area contributed by atoms with E-state index < -0.39 is 0 Å². The minimum atomic E-state index is 0.197. The number of hydrogen-bond donors (Lipinski definition) is 1. The van der Waals surface area contributed by atoms with Gasteiger partial charge in [0.05, 0.1) is 0 Å². The van der Waals surface area contributed by atoms with Crippen LogP contribution in [0.15, 0.2) is 6.07 Å². The van der Waals surface area contributed by atoms with Crippen LogP contribution in [0.3, 0.4) is 0 Å². The van der Waals surface area contributed by atoms with Crippen LogP contribution in [0, 0.1) is 13.8 Å². The maximum atomic E-state index is 5.63. The SMILES string of the molecule is Cc1cc(C)n2c(C(C)CN)nnc2n1. The van der Waals surface area contributed by atoms with Gasteiger partial charge in [0.15, 0.2) is 0 Å². The topological polar surface area (TPSA) is 69.1 Å². The molecule has 2 heterocycles. The van der Waals surface area contributed by atoms with Crippen LogP contribution in [-0.2, 0) is 0 Å². The number of nitrogens with zero attached hydrogens (tertiary/aromatic N) is 4. The van der Waals surface area contributed by atoms with E-state index >= 15 is 0 Å². The molecule has 5 heteroatoms. The third-order valence-corrected chi connectivity index (χ3v) is 2.51. The summed E-state index contributed by atoms with van der Waals surface area (Å²) < 4.78 is 1.96. The van der Waals surface area contributed by atoms with Gasteiger partial charge in [-0.05, 0) is 19.9 Å². The van der Waals surface area contributed by atoms with E-state index in [9.17, 15) is 0 Å². The van der Waals surface area contributed by atoms with Gasteiger partial charge in [0.1, 0.15) is 5.82 Å². The molecule has 0 saturated heterocycles. The molecule has 2 rings (SSSR count). The van der Waals surface area contributed by atoms with Crippen molar-refractivity contribution < 1.29 is 0 Å². The molecule has 0 amide bonds. The lowest BCUT2D eigenvalue weighted by Gasteiger charge is -2.08. The molecule has 1 atom stereocenters. The Morgan fingerprint density at radius 2 is 2.13 bits per heavy atom. The maximum Gasteiger partial charge on any atom is 0.255 e. The Balaban J connectivity index is 2.69. The van der Waals surface area contributed by atoms with E-state index in [0.29, 0.717) is 12.3 Å². The van der Waals surface area contributed by atoms with Gasteiger partial charge in [-0.25, -0.2) is 4.98 Å². The number of nitrogens with two attached hydrogens (primary N) is 1. The van der Waals surface area contributed by atoms with Gasteiger partial charge >= 0.3 is 0 Å². The van der Waals surface area contributed by atoms with E-state index in [1.54, 1.807) is 0 Å². The second-order valence-electron chi connectivity index (χ2n) is 3.87. The van der Waals surface area contributed by atoms with Gasteiger partial charge in [0, 0.05) is 23.9 Å². The Morgan fingerprint density at radius 1 is 1.40 bits per heavy atom. The standard InChI is InChI=1S/C10H15N5/c1-6(5-11)9-13-14-10-12-7(2)4-8(3)15(9)10/h4,6H,5,11H2,1-3H3. The van der Waals surface area contributed by atoms with Gasteiger partial charge in [-0.2, -0.15) is 0 Å². The largest absolute Gasteiger partial charge is 0.330 e. The molecule has 2 aromatic rings. The van der Waals surface area contributed by atoms with Crippen molar-refractivity contribution in [3.05, 3.63) is 23.3 Å². The Bertz CT molecular complexity index is 488. The van der Waals surface area contributed by atoms with Crippen molar-refractivity contribution >= 4 is 5.78 Å². The molecule has 0 bridgehead atoms. The van der Waals surface area contributed by atoms with Gasteiger partial charge in [-0.15, -0.1) is 10.2 Å². The molecule has 0 aliphatic carbocycles. The van der Waals surface area contributed by atoms with Crippen LogP contribution in [0.25, 0.3) is 5.78 Å². The van der Waals surface area contributed by atoms with Crippen LogP contribution >= 0.6 is 0 Å². The van der Waals surface area contributed by atoms with Crippen molar-refractivity contribution in [3.8, 4) is 0 Å². The molecule has 0 radical (unpaired) electrons. The zero-order valence-electron chi connectivity index (χ0n) is 9.23. The monoisotopic (exact) mass is 205 g/mol. The van der Waals surface area contributed by atoms with Crippen molar-refractivity contribution in [2.45, 2.75) is 26.7 Å². The minimum Gasteiger partial charge on any atom is -0.330 e. The molecular formula is C10H15N5. The van der Waals surface area contributed by atoms with E-state index in [0.717, 1.165) is 17.2 Å². The summed E-state index contributed by atoms with van der Waals surface area (Å²) in [5.74, 6) is 1.74. The van der Waals surface area contributed by atoms with Gasteiger partial charge in [0.2, 0.25) is 0 Å². The predicted molar refractivity (Wildman–Crippen MR) is 57.7 cm³/mol. The minimum absolute atomic E-state index is 0.197. The molecule has 0 aliphatic rings. The molecule has 2 N–H and O–H groups in total. The van der Waals surface area contributed by atoms with E-state index in [1.807, 2.05) is 31.2 Å². The lowest BCUT2D eigenvalue weighted by molar-refractivity contribution is 0.695. The van der Waals surface area contributed by atoms with E-state index in [-0.39, 0.29) is 5.92 Å². The van der Waals surface area contributed by atoms with Crippen molar-refractivity contribution in [3.63, 3.8) is 0 Å². The summed E-state index contributed by atoms with van der Waals surface area (Å²) in [4.78, 5) is 4.32. The molecule has 0 spiro atoms. The lowest BCUT2D eigenvalue weighted by atomic mass is 10.2. The number of rotatable bonds is 2. The van der Waals surface area contributed by atoms with Gasteiger partial charge in [-0.3, -0.25) is 4.40 Å². The van der Waals surface area contributed by atoms with Gasteiger partial charge in [-0.1, -0.05) is 6.92 Å². The predicted octanol–water partition coefficient (Wildman–Crippen LogP) is 0.803. The fourth-order valence-electron chi connectivity index (χ4n) is 1.68. The second kappa shape index (κ2) is 3.58. The summed E-state index contributed by atoms with van der Waals surface area (Å²) in [5, 5.41) is 8.19. The van der Waals surface area contributed by atoms with Crippen LogP contribution in [0.2, 0.25) is 0 Å². The molecule has 1 unspecified atom stereocenters. The fraction of sp³-hybridized carbons (Fsp3) is 0.500. The van der Waals surface area contributed by atoms with Crippen molar-refractivity contribution in [1.29, 1.82) is 0 Å². The van der Waals surface area contributed by atoms with Crippen molar-refractivity contribution in [2.75, 3.05) is 6.54 Å². The highest BCUT2D eigenvalue weighted by Gasteiger charge is 2.14. The first-order valence-electron chi connectivity index (χ1n) is 5.03. The number of fused-ring (bicyclic) bond motifs is 1. The molecule has 5 nitrogen and oxygen atoms in total. The highest BCUT2D eigenvalue weighted by molar-refractivity contribution is 5.33. The normalized spacial score (nSPS) is 13.3. The molecule has 0 aliphatic heterocycles.